The van der Waals surface area contributed by atoms with Crippen molar-refractivity contribution in [3.05, 3.63) is 18.7 Å². The number of hydrogen-bond acceptors (Lipinski definition) is 2. The molecule has 0 saturated heterocycles. The quantitative estimate of drug-likeness (QED) is 0.315. The Labute approximate surface area is 135 Å². The molecule has 1 heterocycles. The molecule has 4 nitrogen and oxygen atoms in total. The summed E-state index contributed by atoms with van der Waals surface area (Å²) in [6.07, 6.45) is 19.5. The van der Waals surface area contributed by atoms with Gasteiger partial charge in [-0.3, -0.25) is 0 Å². The van der Waals surface area contributed by atoms with Crippen LogP contribution in [0, 0.1) is 0 Å². The molecule has 0 aliphatic heterocycles. The predicted octanol–water partition coefficient (Wildman–Crippen LogP) is 3.87. The van der Waals surface area contributed by atoms with Crippen molar-refractivity contribution in [3.63, 3.8) is 0 Å². The van der Waals surface area contributed by atoms with E-state index in [1.54, 1.807) is 0 Å². The van der Waals surface area contributed by atoms with E-state index in [2.05, 4.69) is 16.2 Å². The monoisotopic (exact) mass is 309 g/mol. The molecule has 0 saturated carbocycles. The van der Waals surface area contributed by atoms with Crippen LogP contribution < -0.4 is 4.57 Å². The fourth-order valence-corrected chi connectivity index (χ4v) is 2.66. The Balaban J connectivity index is 1.97. The highest BCUT2D eigenvalue weighted by molar-refractivity contribution is 5.67. The standard InChI is InChI=1S/C18H33N2O2/c1-3-4-5-6-7-8-9-10-11-12-13-19-14-15-20(17-19)16-18(21)22-2/h14-15,17H,3-13,16H2,1-2H3/q+1. The third-order valence-electron chi connectivity index (χ3n) is 4.06. The lowest BCUT2D eigenvalue weighted by Crippen LogP contribution is -2.36. The average Bonchev–Trinajstić information content (AvgIpc) is 2.96. The molecule has 4 heteroatoms. The van der Waals surface area contributed by atoms with E-state index in [9.17, 15) is 4.79 Å². The number of carbonyl (C=O) groups is 1. The summed E-state index contributed by atoms with van der Waals surface area (Å²) in [6.45, 7) is 3.59. The SMILES string of the molecule is CCCCCCCCCCCCn1cc[n+](CC(=O)OC)c1. The van der Waals surface area contributed by atoms with Crippen LogP contribution in [0.15, 0.2) is 18.7 Å². The van der Waals surface area contributed by atoms with Gasteiger partial charge in [0.2, 0.25) is 6.33 Å². The number of imidazole rings is 1. The summed E-state index contributed by atoms with van der Waals surface area (Å²) in [7, 11) is 1.42. The molecule has 1 rings (SSSR count). The first-order valence-electron chi connectivity index (χ1n) is 8.88. The fraction of sp³-hybridized carbons (Fsp3) is 0.778. The van der Waals surface area contributed by atoms with Crippen molar-refractivity contribution in [3.8, 4) is 0 Å². The zero-order chi connectivity index (χ0) is 16.0. The summed E-state index contributed by atoms with van der Waals surface area (Å²) >= 11 is 0. The van der Waals surface area contributed by atoms with E-state index in [0.29, 0.717) is 6.54 Å². The van der Waals surface area contributed by atoms with Crippen molar-refractivity contribution in [2.24, 2.45) is 0 Å². The summed E-state index contributed by atoms with van der Waals surface area (Å²) in [5, 5.41) is 0. The number of methoxy groups -OCH3 is 1. The van der Waals surface area contributed by atoms with Crippen LogP contribution in [0.4, 0.5) is 0 Å². The number of unbranched alkanes of at least 4 members (excludes halogenated alkanes) is 9. The summed E-state index contributed by atoms with van der Waals surface area (Å²) in [4.78, 5) is 11.2. The highest BCUT2D eigenvalue weighted by atomic mass is 16.5. The van der Waals surface area contributed by atoms with E-state index in [0.717, 1.165) is 6.54 Å². The molecule has 0 unspecified atom stereocenters. The molecular formula is C18H33N2O2+. The molecule has 0 fully saturated rings. The van der Waals surface area contributed by atoms with E-state index >= 15 is 0 Å². The van der Waals surface area contributed by atoms with E-state index in [1.165, 1.54) is 71.3 Å². The molecule has 0 amide bonds. The molecule has 0 aliphatic rings. The second-order valence-corrected chi connectivity index (χ2v) is 6.08. The largest absolute Gasteiger partial charge is 0.466 e. The first-order chi connectivity index (χ1) is 10.8. The number of carbonyl (C=O) groups excluding carboxylic acids is 1. The number of ether oxygens (including phenoxy) is 1. The van der Waals surface area contributed by atoms with Gasteiger partial charge >= 0.3 is 5.97 Å². The minimum Gasteiger partial charge on any atom is -0.466 e. The number of nitrogens with zero attached hydrogens (tertiary/aromatic N) is 2. The van der Waals surface area contributed by atoms with Crippen LogP contribution >= 0.6 is 0 Å². The van der Waals surface area contributed by atoms with Gasteiger partial charge in [-0.2, -0.15) is 0 Å². The Hall–Kier alpha value is -1.32. The van der Waals surface area contributed by atoms with Crippen molar-refractivity contribution in [2.45, 2.75) is 84.2 Å². The normalized spacial score (nSPS) is 10.8. The van der Waals surface area contributed by atoms with Crippen molar-refractivity contribution in [1.29, 1.82) is 0 Å². The fourth-order valence-electron chi connectivity index (χ4n) is 2.66. The lowest BCUT2D eigenvalue weighted by molar-refractivity contribution is -0.685. The second kappa shape index (κ2) is 12.2. The average molecular weight is 309 g/mol. The minimum atomic E-state index is -0.207. The number of aromatic nitrogens is 2. The van der Waals surface area contributed by atoms with Gasteiger partial charge < -0.3 is 4.74 Å². The number of hydrogen-bond donors (Lipinski definition) is 0. The number of rotatable bonds is 13. The van der Waals surface area contributed by atoms with Crippen LogP contribution in [0.1, 0.15) is 71.1 Å². The molecule has 0 bridgehead atoms. The van der Waals surface area contributed by atoms with Crippen molar-refractivity contribution < 1.29 is 14.1 Å². The van der Waals surface area contributed by atoms with Gasteiger partial charge in [0.15, 0.2) is 6.54 Å². The Morgan fingerprint density at radius 1 is 1.00 bits per heavy atom. The Kier molecular flexibility index (Phi) is 10.4. The zero-order valence-corrected chi connectivity index (χ0v) is 14.4. The van der Waals surface area contributed by atoms with Gasteiger partial charge in [-0.05, 0) is 12.8 Å². The van der Waals surface area contributed by atoms with E-state index in [1.807, 2.05) is 23.3 Å². The highest BCUT2D eigenvalue weighted by Crippen LogP contribution is 2.10. The van der Waals surface area contributed by atoms with Crippen molar-refractivity contribution in [1.82, 2.24) is 4.57 Å². The van der Waals surface area contributed by atoms with Crippen LogP contribution in [-0.4, -0.2) is 17.6 Å². The second-order valence-electron chi connectivity index (χ2n) is 6.08. The highest BCUT2D eigenvalue weighted by Gasteiger charge is 2.08. The molecule has 0 atom stereocenters. The topological polar surface area (TPSA) is 35.1 Å². The molecule has 0 radical (unpaired) electrons. The molecule has 0 aliphatic carbocycles. The van der Waals surface area contributed by atoms with Crippen LogP contribution in [0.25, 0.3) is 0 Å². The van der Waals surface area contributed by atoms with Crippen LogP contribution in [0.3, 0.4) is 0 Å². The minimum absolute atomic E-state index is 0.207. The van der Waals surface area contributed by atoms with Crippen molar-refractivity contribution in [2.75, 3.05) is 7.11 Å². The van der Waals surface area contributed by atoms with Crippen LogP contribution in [0.2, 0.25) is 0 Å². The van der Waals surface area contributed by atoms with Gasteiger partial charge in [-0.1, -0.05) is 58.3 Å². The summed E-state index contributed by atoms with van der Waals surface area (Å²) in [5.41, 5.74) is 0. The summed E-state index contributed by atoms with van der Waals surface area (Å²) in [6, 6.07) is 0. The van der Waals surface area contributed by atoms with Crippen molar-refractivity contribution >= 4 is 5.97 Å². The Bertz CT molecular complexity index is 402. The Morgan fingerprint density at radius 2 is 1.59 bits per heavy atom. The lowest BCUT2D eigenvalue weighted by Gasteiger charge is -2.01. The summed E-state index contributed by atoms with van der Waals surface area (Å²) < 4.78 is 8.67. The molecule has 0 spiro atoms. The predicted molar refractivity (Wildman–Crippen MR) is 88.5 cm³/mol. The van der Waals surface area contributed by atoms with E-state index in [-0.39, 0.29) is 5.97 Å². The first-order valence-corrected chi connectivity index (χ1v) is 8.88. The number of aryl methyl sites for hydroxylation is 1. The molecule has 0 N–H and O–H groups in total. The van der Waals surface area contributed by atoms with Gasteiger partial charge in [-0.15, -0.1) is 0 Å². The maximum absolute atomic E-state index is 11.2. The zero-order valence-electron chi connectivity index (χ0n) is 14.4. The third-order valence-corrected chi connectivity index (χ3v) is 4.06. The van der Waals surface area contributed by atoms with Gasteiger partial charge in [0.25, 0.3) is 0 Å². The van der Waals surface area contributed by atoms with E-state index < -0.39 is 0 Å². The first kappa shape index (κ1) is 18.7. The molecule has 126 valence electrons. The van der Waals surface area contributed by atoms with Gasteiger partial charge in [-0.25, -0.2) is 13.9 Å². The Morgan fingerprint density at radius 3 is 2.18 bits per heavy atom. The summed E-state index contributed by atoms with van der Waals surface area (Å²) in [5.74, 6) is -0.207. The molecule has 1 aromatic heterocycles. The molecule has 1 aromatic rings. The third kappa shape index (κ3) is 8.85. The van der Waals surface area contributed by atoms with Gasteiger partial charge in [0, 0.05) is 0 Å². The van der Waals surface area contributed by atoms with Gasteiger partial charge in [0.1, 0.15) is 12.4 Å². The number of esters is 1. The smallest absolute Gasteiger partial charge is 0.348 e. The van der Waals surface area contributed by atoms with Crippen LogP contribution in [-0.2, 0) is 22.6 Å². The maximum atomic E-state index is 11.2. The van der Waals surface area contributed by atoms with Crippen LogP contribution in [0.5, 0.6) is 0 Å². The molecule has 22 heavy (non-hydrogen) atoms. The molecule has 0 aromatic carbocycles. The molecular weight excluding hydrogens is 276 g/mol. The maximum Gasteiger partial charge on any atom is 0.348 e. The van der Waals surface area contributed by atoms with E-state index in [4.69, 9.17) is 0 Å². The van der Waals surface area contributed by atoms with Gasteiger partial charge in [0.05, 0.1) is 13.7 Å². The lowest BCUT2D eigenvalue weighted by atomic mass is 10.1.